The van der Waals surface area contributed by atoms with Gasteiger partial charge in [0, 0.05) is 11.8 Å². The molecule has 2 bridgehead atoms. The van der Waals surface area contributed by atoms with Gasteiger partial charge in [-0.05, 0) is 59.4 Å². The van der Waals surface area contributed by atoms with Crippen molar-refractivity contribution in [3.8, 4) is 0 Å². The molecule has 0 radical (unpaired) electrons. The predicted octanol–water partition coefficient (Wildman–Crippen LogP) is 7.23. The van der Waals surface area contributed by atoms with Crippen molar-refractivity contribution < 1.29 is 26.3 Å². The minimum absolute atomic E-state index is 0.0547. The van der Waals surface area contributed by atoms with Gasteiger partial charge in [0.25, 0.3) is 0 Å². The Kier molecular flexibility index (Phi) is 4.40. The molecule has 5 rings (SSSR count). The van der Waals surface area contributed by atoms with Crippen LogP contribution in [-0.2, 0) is 12.4 Å². The van der Waals surface area contributed by atoms with Crippen LogP contribution in [0.1, 0.15) is 35.1 Å². The van der Waals surface area contributed by atoms with E-state index in [1.807, 2.05) is 12.2 Å². The summed E-state index contributed by atoms with van der Waals surface area (Å²) in [6, 6.07) is 10.3. The van der Waals surface area contributed by atoms with E-state index in [-0.39, 0.29) is 11.8 Å². The maximum atomic E-state index is 12.8. The molecule has 0 aliphatic heterocycles. The third-order valence-corrected chi connectivity index (χ3v) is 5.44. The molecule has 0 spiro atoms. The minimum Gasteiger partial charge on any atom is -0.166 e. The van der Waals surface area contributed by atoms with E-state index < -0.39 is 23.5 Å². The van der Waals surface area contributed by atoms with Crippen molar-refractivity contribution in [3.63, 3.8) is 0 Å². The molecular weight excluding hydrogens is 378 g/mol. The minimum atomic E-state index is -4.37. The summed E-state index contributed by atoms with van der Waals surface area (Å²) in [7, 11) is 0. The van der Waals surface area contributed by atoms with Crippen LogP contribution in [0.15, 0.2) is 60.7 Å². The molecule has 146 valence electrons. The molecule has 0 N–H and O–H groups in total. The van der Waals surface area contributed by atoms with Crippen molar-refractivity contribution in [2.75, 3.05) is 0 Å². The average molecular weight is 394 g/mol. The number of hydrogen-bond donors (Lipinski definition) is 0. The number of hydrogen-bond acceptors (Lipinski definition) is 0. The van der Waals surface area contributed by atoms with Crippen LogP contribution >= 0.6 is 0 Å². The van der Waals surface area contributed by atoms with Crippen molar-refractivity contribution in [2.24, 2.45) is 11.8 Å². The van der Waals surface area contributed by atoms with Gasteiger partial charge in [0.15, 0.2) is 0 Å². The Morgan fingerprint density at radius 2 is 0.857 bits per heavy atom. The third-order valence-electron chi connectivity index (χ3n) is 5.44. The highest BCUT2D eigenvalue weighted by molar-refractivity contribution is 5.82. The van der Waals surface area contributed by atoms with Gasteiger partial charge in [-0.1, -0.05) is 36.4 Å². The van der Waals surface area contributed by atoms with E-state index in [4.69, 9.17) is 0 Å². The van der Waals surface area contributed by atoms with Gasteiger partial charge in [-0.3, -0.25) is 0 Å². The monoisotopic (exact) mass is 394 g/mol. The fraction of sp³-hybridized carbons (Fsp3) is 0.273. The van der Waals surface area contributed by atoms with E-state index in [0.29, 0.717) is 0 Å². The molecule has 0 saturated heterocycles. The number of benzene rings is 2. The number of halogens is 6. The van der Waals surface area contributed by atoms with Gasteiger partial charge in [0.1, 0.15) is 0 Å². The second-order valence-electron chi connectivity index (χ2n) is 7.18. The van der Waals surface area contributed by atoms with E-state index in [1.165, 1.54) is 24.3 Å². The Balaban J connectivity index is 1.59. The third kappa shape index (κ3) is 3.48. The zero-order valence-corrected chi connectivity index (χ0v) is 14.6. The zero-order valence-electron chi connectivity index (χ0n) is 14.6. The van der Waals surface area contributed by atoms with Crippen molar-refractivity contribution in [2.45, 2.75) is 25.2 Å². The van der Waals surface area contributed by atoms with Crippen LogP contribution < -0.4 is 0 Å². The molecule has 0 heterocycles. The molecule has 3 aliphatic carbocycles. The van der Waals surface area contributed by atoms with Gasteiger partial charge < -0.3 is 0 Å². The summed E-state index contributed by atoms with van der Waals surface area (Å²) >= 11 is 0. The van der Waals surface area contributed by atoms with Crippen LogP contribution in [0.4, 0.5) is 26.3 Å². The quantitative estimate of drug-likeness (QED) is 0.471. The fourth-order valence-corrected chi connectivity index (χ4v) is 4.02. The molecule has 2 atom stereocenters. The molecular formula is C22H16F6. The first-order valence-electron chi connectivity index (χ1n) is 8.91. The Bertz CT molecular complexity index is 847. The lowest BCUT2D eigenvalue weighted by atomic mass is 9.69. The molecule has 28 heavy (non-hydrogen) atoms. The highest BCUT2D eigenvalue weighted by Crippen LogP contribution is 2.47. The van der Waals surface area contributed by atoms with E-state index in [2.05, 4.69) is 0 Å². The summed E-state index contributed by atoms with van der Waals surface area (Å²) in [6.45, 7) is 0. The first-order chi connectivity index (χ1) is 13.1. The van der Waals surface area contributed by atoms with Crippen LogP contribution in [0.3, 0.4) is 0 Å². The Labute approximate surface area is 158 Å². The zero-order chi connectivity index (χ0) is 20.1. The molecule has 0 aromatic heterocycles. The lowest BCUT2D eigenvalue weighted by molar-refractivity contribution is -0.138. The van der Waals surface area contributed by atoms with Crippen molar-refractivity contribution in [1.82, 2.24) is 0 Å². The number of allylic oxidation sites excluding steroid dienone is 4. The maximum Gasteiger partial charge on any atom is 0.416 e. The van der Waals surface area contributed by atoms with E-state index in [9.17, 15) is 26.3 Å². The van der Waals surface area contributed by atoms with Gasteiger partial charge in [-0.2, -0.15) is 26.3 Å². The molecule has 1 unspecified atom stereocenters. The van der Waals surface area contributed by atoms with Gasteiger partial charge in [-0.25, -0.2) is 0 Å². The van der Waals surface area contributed by atoms with Gasteiger partial charge in [-0.15, -0.1) is 0 Å². The Morgan fingerprint density at radius 3 is 1.11 bits per heavy atom. The van der Waals surface area contributed by atoms with Crippen molar-refractivity contribution in [1.29, 1.82) is 0 Å². The highest BCUT2D eigenvalue weighted by Gasteiger charge is 2.34. The summed E-state index contributed by atoms with van der Waals surface area (Å²) in [5.41, 5.74) is 2.12. The maximum absolute atomic E-state index is 12.8. The smallest absolute Gasteiger partial charge is 0.166 e. The SMILES string of the molecule is FC(F)(F)c1ccc(C2=C[C@@H]3CCC2C=C3c2ccc(C(F)(F)F)cc2)cc1. The largest absolute Gasteiger partial charge is 0.416 e. The molecule has 0 nitrogen and oxygen atoms in total. The van der Waals surface area contributed by atoms with Gasteiger partial charge >= 0.3 is 12.4 Å². The normalized spacial score (nSPS) is 22.1. The first kappa shape index (κ1) is 18.8. The van der Waals surface area contributed by atoms with Gasteiger partial charge in [0.05, 0.1) is 11.1 Å². The second-order valence-corrected chi connectivity index (χ2v) is 7.18. The van der Waals surface area contributed by atoms with Crippen LogP contribution in [0.5, 0.6) is 0 Å². The second kappa shape index (κ2) is 6.54. The molecule has 0 amide bonds. The topological polar surface area (TPSA) is 0 Å². The van der Waals surface area contributed by atoms with Crippen molar-refractivity contribution >= 4 is 11.1 Å². The molecule has 0 fully saturated rings. The molecule has 2 aromatic carbocycles. The van der Waals surface area contributed by atoms with Gasteiger partial charge in [0.2, 0.25) is 0 Å². The van der Waals surface area contributed by atoms with Crippen molar-refractivity contribution in [3.05, 3.63) is 82.9 Å². The lowest BCUT2D eigenvalue weighted by Crippen LogP contribution is -2.20. The lowest BCUT2D eigenvalue weighted by Gasteiger charge is -2.35. The summed E-state index contributed by atoms with van der Waals surface area (Å²) in [5.74, 6) is 0.109. The Hall–Kier alpha value is -2.50. The summed E-state index contributed by atoms with van der Waals surface area (Å²) in [4.78, 5) is 0. The van der Waals surface area contributed by atoms with E-state index >= 15 is 0 Å². The predicted molar refractivity (Wildman–Crippen MR) is 95.1 cm³/mol. The average Bonchev–Trinajstić information content (AvgIpc) is 2.67. The number of fused-ring (bicyclic) bond motifs is 1. The van der Waals surface area contributed by atoms with Crippen LogP contribution in [0.2, 0.25) is 0 Å². The number of alkyl halides is 6. The summed E-state index contributed by atoms with van der Waals surface area (Å²) in [5, 5.41) is 0. The van der Waals surface area contributed by atoms with Crippen LogP contribution in [0.25, 0.3) is 11.1 Å². The molecule has 0 saturated carbocycles. The summed E-state index contributed by atoms with van der Waals surface area (Å²) < 4.78 is 76.5. The van der Waals surface area contributed by atoms with Crippen LogP contribution in [0, 0.1) is 11.8 Å². The molecule has 2 aromatic rings. The number of rotatable bonds is 2. The summed E-state index contributed by atoms with van der Waals surface area (Å²) in [6.07, 6.45) is -2.89. The first-order valence-corrected chi connectivity index (χ1v) is 8.91. The molecule has 6 heteroatoms. The van der Waals surface area contributed by atoms with Crippen LogP contribution in [-0.4, -0.2) is 0 Å². The Morgan fingerprint density at radius 1 is 0.536 bits per heavy atom. The standard InChI is InChI=1S/C22H16F6/c23-21(24,25)17-7-3-13(4-8-17)19-12-16-2-1-15(19)11-20(16)14-5-9-18(10-6-14)22(26,27)28/h3-12,15-16H,1-2H2/t15-,16?/m0/s1. The van der Waals surface area contributed by atoms with E-state index in [0.717, 1.165) is 59.4 Å². The molecule has 3 aliphatic rings. The highest BCUT2D eigenvalue weighted by atomic mass is 19.4. The fourth-order valence-electron chi connectivity index (χ4n) is 4.02. The van der Waals surface area contributed by atoms with E-state index in [1.54, 1.807) is 0 Å².